The Morgan fingerprint density at radius 3 is 2.86 bits per heavy atom. The van der Waals surface area contributed by atoms with E-state index in [1.54, 1.807) is 52.1 Å². The number of carbonyl (C=O) groups is 1. The van der Waals surface area contributed by atoms with Crippen molar-refractivity contribution in [2.24, 2.45) is 0 Å². The summed E-state index contributed by atoms with van der Waals surface area (Å²) in [6, 6.07) is 11.3. The van der Waals surface area contributed by atoms with E-state index in [0.29, 0.717) is 28.7 Å². The molecule has 0 bridgehead atoms. The van der Waals surface area contributed by atoms with Crippen LogP contribution in [0.25, 0.3) is 0 Å². The monoisotopic (exact) mass is 413 g/mol. The van der Waals surface area contributed by atoms with Crippen molar-refractivity contribution in [2.45, 2.75) is 20.0 Å². The highest BCUT2D eigenvalue weighted by molar-refractivity contribution is 6.31. The number of hydrogen-bond donors (Lipinski definition) is 1. The first-order valence-electron chi connectivity index (χ1n) is 8.84. The van der Waals surface area contributed by atoms with Crippen LogP contribution in [-0.2, 0) is 13.1 Å². The van der Waals surface area contributed by atoms with Gasteiger partial charge in [-0.15, -0.1) is 0 Å². The number of nitrogens with zero attached hydrogens (tertiary/aromatic N) is 4. The molecule has 148 valence electrons. The normalized spacial score (nSPS) is 11.0. The van der Waals surface area contributed by atoms with Crippen molar-refractivity contribution in [2.75, 3.05) is 5.32 Å². The first-order chi connectivity index (χ1) is 14.0. The lowest BCUT2D eigenvalue weighted by Crippen LogP contribution is -2.12. The van der Waals surface area contributed by atoms with E-state index in [0.717, 1.165) is 5.69 Å². The van der Waals surface area contributed by atoms with Crippen LogP contribution in [0.1, 0.15) is 27.6 Å². The molecule has 0 fully saturated rings. The largest absolute Gasteiger partial charge is 0.454 e. The summed E-state index contributed by atoms with van der Waals surface area (Å²) in [5, 5.41) is 11.4. The molecule has 0 aliphatic heterocycles. The number of benzene rings is 1. The molecule has 3 heterocycles. The molecule has 0 spiro atoms. The molecule has 4 aromatic rings. The Morgan fingerprint density at radius 1 is 1.24 bits per heavy atom. The maximum atomic E-state index is 14.0. The maximum absolute atomic E-state index is 14.0. The number of aromatic nitrogens is 4. The molecule has 0 unspecified atom stereocenters. The molecule has 9 heteroatoms. The standard InChI is InChI=1S/C20H17ClFN5O2/c1-13-10-19(25-27(13)12-15-16(21)4-2-5-17(15)22)24-20(28)18-7-6-14(29-18)11-26-9-3-8-23-26/h2-10H,11-12H2,1H3,(H,24,25,28). The number of halogens is 2. The summed E-state index contributed by atoms with van der Waals surface area (Å²) in [7, 11) is 0. The van der Waals surface area contributed by atoms with Crippen molar-refractivity contribution in [3.63, 3.8) is 0 Å². The molecule has 0 saturated carbocycles. The Hall–Kier alpha value is -3.39. The number of nitrogens with one attached hydrogen (secondary N) is 1. The smallest absolute Gasteiger partial charge is 0.292 e. The van der Waals surface area contributed by atoms with E-state index in [-0.39, 0.29) is 12.3 Å². The van der Waals surface area contributed by atoms with Gasteiger partial charge < -0.3 is 9.73 Å². The van der Waals surface area contributed by atoms with E-state index in [9.17, 15) is 9.18 Å². The van der Waals surface area contributed by atoms with Crippen LogP contribution in [0.2, 0.25) is 5.02 Å². The molecular weight excluding hydrogens is 397 g/mol. The quantitative estimate of drug-likeness (QED) is 0.515. The summed E-state index contributed by atoms with van der Waals surface area (Å²) in [6.07, 6.45) is 3.48. The zero-order chi connectivity index (χ0) is 20.4. The highest BCUT2D eigenvalue weighted by atomic mass is 35.5. The average molecular weight is 414 g/mol. The first kappa shape index (κ1) is 18.9. The number of anilines is 1. The summed E-state index contributed by atoms with van der Waals surface area (Å²) in [5.41, 5.74) is 1.09. The minimum absolute atomic E-state index is 0.155. The summed E-state index contributed by atoms with van der Waals surface area (Å²) >= 11 is 6.09. The van der Waals surface area contributed by atoms with Crippen molar-refractivity contribution in [1.29, 1.82) is 0 Å². The van der Waals surface area contributed by atoms with E-state index in [2.05, 4.69) is 15.5 Å². The fraction of sp³-hybridized carbons (Fsp3) is 0.150. The van der Waals surface area contributed by atoms with Crippen LogP contribution in [0, 0.1) is 12.7 Å². The van der Waals surface area contributed by atoms with Crippen molar-refractivity contribution < 1.29 is 13.6 Å². The number of carbonyl (C=O) groups excluding carboxylic acids is 1. The predicted octanol–water partition coefficient (Wildman–Crippen LogP) is 4.12. The molecule has 0 aliphatic rings. The fourth-order valence-electron chi connectivity index (χ4n) is 2.88. The van der Waals surface area contributed by atoms with Crippen LogP contribution in [-0.4, -0.2) is 25.5 Å². The Labute approximate surface area is 170 Å². The van der Waals surface area contributed by atoms with Gasteiger partial charge in [-0.05, 0) is 37.3 Å². The summed E-state index contributed by atoms with van der Waals surface area (Å²) < 4.78 is 22.9. The van der Waals surface area contributed by atoms with Gasteiger partial charge in [-0.2, -0.15) is 10.2 Å². The molecule has 4 rings (SSSR count). The second-order valence-corrected chi connectivity index (χ2v) is 6.86. The molecule has 0 atom stereocenters. The van der Waals surface area contributed by atoms with Gasteiger partial charge in [-0.1, -0.05) is 17.7 Å². The second kappa shape index (κ2) is 7.92. The lowest BCUT2D eigenvalue weighted by molar-refractivity contribution is 0.0994. The highest BCUT2D eigenvalue weighted by Gasteiger charge is 2.15. The van der Waals surface area contributed by atoms with E-state index < -0.39 is 11.7 Å². The third kappa shape index (κ3) is 4.22. The number of aryl methyl sites for hydroxylation is 1. The maximum Gasteiger partial charge on any atom is 0.292 e. The molecule has 1 amide bonds. The van der Waals surface area contributed by atoms with Gasteiger partial charge in [0.1, 0.15) is 11.6 Å². The van der Waals surface area contributed by atoms with Crippen molar-refractivity contribution >= 4 is 23.3 Å². The lowest BCUT2D eigenvalue weighted by Gasteiger charge is -2.07. The molecule has 7 nitrogen and oxygen atoms in total. The molecule has 1 aromatic carbocycles. The van der Waals surface area contributed by atoms with E-state index in [1.165, 1.54) is 6.07 Å². The number of hydrogen-bond acceptors (Lipinski definition) is 4. The predicted molar refractivity (Wildman–Crippen MR) is 105 cm³/mol. The number of amides is 1. The third-order valence-corrected chi connectivity index (χ3v) is 4.71. The minimum Gasteiger partial charge on any atom is -0.454 e. The molecular formula is C20H17ClFN5O2. The molecule has 0 saturated heterocycles. The van der Waals surface area contributed by atoms with Crippen LogP contribution >= 0.6 is 11.6 Å². The topological polar surface area (TPSA) is 77.9 Å². The van der Waals surface area contributed by atoms with Crippen molar-refractivity contribution in [3.05, 3.63) is 88.5 Å². The van der Waals surface area contributed by atoms with Crippen LogP contribution in [0.4, 0.5) is 10.2 Å². The lowest BCUT2D eigenvalue weighted by atomic mass is 10.2. The second-order valence-electron chi connectivity index (χ2n) is 6.45. The van der Waals surface area contributed by atoms with Crippen LogP contribution in [0.3, 0.4) is 0 Å². The summed E-state index contributed by atoms with van der Waals surface area (Å²) in [6.45, 7) is 2.39. The van der Waals surface area contributed by atoms with Gasteiger partial charge in [-0.25, -0.2) is 4.39 Å². The van der Waals surface area contributed by atoms with Crippen molar-refractivity contribution in [3.8, 4) is 0 Å². The Bertz CT molecular complexity index is 1130. The van der Waals surface area contributed by atoms with Gasteiger partial charge in [-0.3, -0.25) is 14.2 Å². The fourth-order valence-corrected chi connectivity index (χ4v) is 3.10. The van der Waals surface area contributed by atoms with Gasteiger partial charge in [0.2, 0.25) is 0 Å². The van der Waals surface area contributed by atoms with Crippen molar-refractivity contribution in [1.82, 2.24) is 19.6 Å². The van der Waals surface area contributed by atoms with E-state index in [4.69, 9.17) is 16.0 Å². The number of rotatable bonds is 6. The Kier molecular flexibility index (Phi) is 5.18. The van der Waals surface area contributed by atoms with Crippen LogP contribution < -0.4 is 5.32 Å². The van der Waals surface area contributed by atoms with Crippen LogP contribution in [0.15, 0.2) is 59.3 Å². The zero-order valence-corrected chi connectivity index (χ0v) is 16.2. The van der Waals surface area contributed by atoms with E-state index in [1.807, 2.05) is 13.0 Å². The van der Waals surface area contributed by atoms with Crippen LogP contribution in [0.5, 0.6) is 0 Å². The Balaban J connectivity index is 1.45. The third-order valence-electron chi connectivity index (χ3n) is 4.35. The first-order valence-corrected chi connectivity index (χ1v) is 9.22. The SMILES string of the molecule is Cc1cc(NC(=O)c2ccc(Cn3cccn3)o2)nn1Cc1c(F)cccc1Cl. The highest BCUT2D eigenvalue weighted by Crippen LogP contribution is 2.21. The molecule has 29 heavy (non-hydrogen) atoms. The van der Waals surface area contributed by atoms with E-state index >= 15 is 0 Å². The minimum atomic E-state index is -0.426. The van der Waals surface area contributed by atoms with Gasteiger partial charge in [0.25, 0.3) is 5.91 Å². The molecule has 0 radical (unpaired) electrons. The molecule has 0 aliphatic carbocycles. The number of furan rings is 1. The molecule has 1 N–H and O–H groups in total. The van der Waals surface area contributed by atoms with Gasteiger partial charge in [0.15, 0.2) is 11.6 Å². The summed E-state index contributed by atoms with van der Waals surface area (Å²) in [4.78, 5) is 12.5. The zero-order valence-electron chi connectivity index (χ0n) is 15.5. The van der Waals surface area contributed by atoms with Gasteiger partial charge in [0, 0.05) is 34.7 Å². The molecule has 3 aromatic heterocycles. The van der Waals surface area contributed by atoms with Gasteiger partial charge in [0.05, 0.1) is 13.1 Å². The average Bonchev–Trinajstić information content (AvgIpc) is 3.41. The Morgan fingerprint density at radius 2 is 2.10 bits per heavy atom. The van der Waals surface area contributed by atoms with Gasteiger partial charge >= 0.3 is 0 Å². The summed E-state index contributed by atoms with van der Waals surface area (Å²) in [5.74, 6) is 0.278.